The van der Waals surface area contributed by atoms with Crippen molar-refractivity contribution < 1.29 is 0 Å². The molecule has 1 aliphatic rings. The summed E-state index contributed by atoms with van der Waals surface area (Å²) in [7, 11) is 0. The average Bonchev–Trinajstić information content (AvgIpc) is 2.78. The fourth-order valence-electron chi connectivity index (χ4n) is 2.46. The van der Waals surface area contributed by atoms with Gasteiger partial charge in [0.15, 0.2) is 0 Å². The highest BCUT2D eigenvalue weighted by molar-refractivity contribution is 5.78. The van der Waals surface area contributed by atoms with E-state index in [1.54, 1.807) is 0 Å². The number of hydrogen-bond donors (Lipinski definition) is 0. The molecule has 0 amide bonds. The number of benzene rings is 2. The third kappa shape index (κ3) is 2.14. The average molecular weight is 232 g/mol. The quantitative estimate of drug-likeness (QED) is 0.651. The number of fused-ring (bicyclic) bond motifs is 1. The minimum atomic E-state index is 1.10. The Balaban J connectivity index is 1.95. The molecule has 0 unspecified atom stereocenters. The van der Waals surface area contributed by atoms with Crippen LogP contribution in [0.15, 0.2) is 54.1 Å². The van der Waals surface area contributed by atoms with Gasteiger partial charge in [0.25, 0.3) is 0 Å². The van der Waals surface area contributed by atoms with Gasteiger partial charge in [0.05, 0.1) is 0 Å². The van der Waals surface area contributed by atoms with E-state index in [0.717, 1.165) is 6.42 Å². The third-order valence-electron chi connectivity index (χ3n) is 3.35. The van der Waals surface area contributed by atoms with Crippen molar-refractivity contribution in [3.05, 3.63) is 76.4 Å². The van der Waals surface area contributed by atoms with Crippen LogP contribution in [-0.2, 0) is 6.42 Å². The molecule has 0 nitrogen and oxygen atoms in total. The number of rotatable bonds is 2. The van der Waals surface area contributed by atoms with Gasteiger partial charge in [-0.05, 0) is 35.6 Å². The van der Waals surface area contributed by atoms with E-state index in [9.17, 15) is 0 Å². The largest absolute Gasteiger partial charge is 0.0683 e. The molecule has 3 rings (SSSR count). The SMILES string of the molecule is CC1=Cc2c(/C=C/c3ccccc3)cccc2C1. The van der Waals surface area contributed by atoms with Crippen molar-refractivity contribution in [2.24, 2.45) is 0 Å². The lowest BCUT2D eigenvalue weighted by molar-refractivity contribution is 1.19. The first-order chi connectivity index (χ1) is 8.83. The van der Waals surface area contributed by atoms with Crippen LogP contribution in [0.2, 0.25) is 0 Å². The molecule has 0 N–H and O–H groups in total. The Morgan fingerprint density at radius 2 is 1.72 bits per heavy atom. The molecule has 0 heterocycles. The van der Waals surface area contributed by atoms with Crippen molar-refractivity contribution in [2.75, 3.05) is 0 Å². The molecule has 0 bridgehead atoms. The van der Waals surface area contributed by atoms with Crippen molar-refractivity contribution in [1.29, 1.82) is 0 Å². The summed E-state index contributed by atoms with van der Waals surface area (Å²) in [4.78, 5) is 0. The van der Waals surface area contributed by atoms with E-state index in [4.69, 9.17) is 0 Å². The molecule has 0 spiro atoms. The smallest absolute Gasteiger partial charge is 0.00604 e. The van der Waals surface area contributed by atoms with E-state index in [2.05, 4.69) is 67.6 Å². The summed E-state index contributed by atoms with van der Waals surface area (Å²) in [5.41, 5.74) is 6.84. The molecule has 1 aliphatic carbocycles. The van der Waals surface area contributed by atoms with E-state index in [-0.39, 0.29) is 0 Å². The van der Waals surface area contributed by atoms with Crippen LogP contribution in [0.5, 0.6) is 0 Å². The van der Waals surface area contributed by atoms with Crippen molar-refractivity contribution in [1.82, 2.24) is 0 Å². The van der Waals surface area contributed by atoms with Crippen LogP contribution in [0.1, 0.15) is 29.2 Å². The van der Waals surface area contributed by atoms with Gasteiger partial charge in [-0.3, -0.25) is 0 Å². The van der Waals surface area contributed by atoms with Crippen LogP contribution < -0.4 is 0 Å². The summed E-state index contributed by atoms with van der Waals surface area (Å²) in [6.07, 6.45) is 7.79. The first-order valence-corrected chi connectivity index (χ1v) is 6.35. The summed E-state index contributed by atoms with van der Waals surface area (Å²) in [6.45, 7) is 2.20. The van der Waals surface area contributed by atoms with E-state index >= 15 is 0 Å². The second kappa shape index (κ2) is 4.66. The second-order valence-electron chi connectivity index (χ2n) is 4.83. The highest BCUT2D eigenvalue weighted by Crippen LogP contribution is 2.28. The molecule has 0 aliphatic heterocycles. The Kier molecular flexibility index (Phi) is 2.85. The molecule has 0 aromatic heterocycles. The lowest BCUT2D eigenvalue weighted by Crippen LogP contribution is -1.85. The Bertz CT molecular complexity index is 616. The standard InChI is InChI=1S/C18H16/c1-14-12-17-9-5-8-16(18(17)13-14)11-10-15-6-3-2-4-7-15/h2-11,13H,12H2,1H3/b11-10+. The summed E-state index contributed by atoms with van der Waals surface area (Å²) < 4.78 is 0. The van der Waals surface area contributed by atoms with Gasteiger partial charge in [0.2, 0.25) is 0 Å². The van der Waals surface area contributed by atoms with Gasteiger partial charge in [0.1, 0.15) is 0 Å². The van der Waals surface area contributed by atoms with Gasteiger partial charge < -0.3 is 0 Å². The molecular formula is C18H16. The van der Waals surface area contributed by atoms with E-state index in [1.807, 2.05) is 6.07 Å². The van der Waals surface area contributed by atoms with Crippen LogP contribution in [0, 0.1) is 0 Å². The Hall–Kier alpha value is -2.08. The number of allylic oxidation sites excluding steroid dienone is 1. The first kappa shape index (κ1) is 11.0. The Morgan fingerprint density at radius 3 is 2.56 bits per heavy atom. The monoisotopic (exact) mass is 232 g/mol. The zero-order chi connectivity index (χ0) is 12.4. The molecule has 0 saturated heterocycles. The number of hydrogen-bond acceptors (Lipinski definition) is 0. The molecule has 2 aromatic rings. The summed E-state index contributed by atoms with van der Waals surface area (Å²) in [6, 6.07) is 17.0. The predicted molar refractivity (Wildman–Crippen MR) is 79.2 cm³/mol. The lowest BCUT2D eigenvalue weighted by atomic mass is 10.0. The van der Waals surface area contributed by atoms with Gasteiger partial charge in [0, 0.05) is 0 Å². The Labute approximate surface area is 108 Å². The maximum atomic E-state index is 2.31. The van der Waals surface area contributed by atoms with Crippen molar-refractivity contribution in [3.63, 3.8) is 0 Å². The predicted octanol–water partition coefficient (Wildman–Crippen LogP) is 4.82. The van der Waals surface area contributed by atoms with Gasteiger partial charge >= 0.3 is 0 Å². The molecule has 88 valence electrons. The third-order valence-corrected chi connectivity index (χ3v) is 3.35. The minimum absolute atomic E-state index is 1.10. The second-order valence-corrected chi connectivity index (χ2v) is 4.83. The minimum Gasteiger partial charge on any atom is -0.0683 e. The van der Waals surface area contributed by atoms with Gasteiger partial charge in [-0.15, -0.1) is 0 Å². The van der Waals surface area contributed by atoms with Gasteiger partial charge in [-0.25, -0.2) is 0 Å². The fraction of sp³-hybridized carbons (Fsp3) is 0.111. The fourth-order valence-corrected chi connectivity index (χ4v) is 2.46. The topological polar surface area (TPSA) is 0 Å². The van der Waals surface area contributed by atoms with Gasteiger partial charge in [-0.1, -0.05) is 72.3 Å². The molecule has 2 aromatic carbocycles. The van der Waals surface area contributed by atoms with Crippen LogP contribution in [0.4, 0.5) is 0 Å². The van der Waals surface area contributed by atoms with Crippen LogP contribution >= 0.6 is 0 Å². The lowest BCUT2D eigenvalue weighted by Gasteiger charge is -2.02. The first-order valence-electron chi connectivity index (χ1n) is 6.35. The molecule has 0 radical (unpaired) electrons. The van der Waals surface area contributed by atoms with Crippen LogP contribution in [0.3, 0.4) is 0 Å². The highest BCUT2D eigenvalue weighted by atomic mass is 14.2. The van der Waals surface area contributed by atoms with E-state index in [0.29, 0.717) is 0 Å². The zero-order valence-electron chi connectivity index (χ0n) is 10.6. The van der Waals surface area contributed by atoms with Crippen molar-refractivity contribution >= 4 is 18.2 Å². The van der Waals surface area contributed by atoms with Gasteiger partial charge in [-0.2, -0.15) is 0 Å². The van der Waals surface area contributed by atoms with Crippen LogP contribution in [-0.4, -0.2) is 0 Å². The van der Waals surface area contributed by atoms with E-state index in [1.165, 1.54) is 27.8 Å². The molecule has 0 fully saturated rings. The molecule has 0 heteroatoms. The maximum absolute atomic E-state index is 2.31. The summed E-state index contributed by atoms with van der Waals surface area (Å²) in [5, 5.41) is 0. The van der Waals surface area contributed by atoms with Crippen molar-refractivity contribution in [2.45, 2.75) is 13.3 Å². The molecule has 0 atom stereocenters. The molecule has 18 heavy (non-hydrogen) atoms. The normalized spacial score (nSPS) is 13.7. The molecular weight excluding hydrogens is 216 g/mol. The summed E-state index contributed by atoms with van der Waals surface area (Å²) in [5.74, 6) is 0. The summed E-state index contributed by atoms with van der Waals surface area (Å²) >= 11 is 0. The van der Waals surface area contributed by atoms with E-state index < -0.39 is 0 Å². The van der Waals surface area contributed by atoms with Crippen molar-refractivity contribution in [3.8, 4) is 0 Å². The maximum Gasteiger partial charge on any atom is -0.00604 e. The highest BCUT2D eigenvalue weighted by Gasteiger charge is 2.11. The zero-order valence-corrected chi connectivity index (χ0v) is 10.6. The Morgan fingerprint density at radius 1 is 0.889 bits per heavy atom. The van der Waals surface area contributed by atoms with Crippen LogP contribution in [0.25, 0.3) is 18.2 Å². The molecule has 0 saturated carbocycles.